The van der Waals surface area contributed by atoms with Crippen LogP contribution in [0.5, 0.6) is 5.75 Å². The van der Waals surface area contributed by atoms with E-state index in [1.807, 2.05) is 32.9 Å². The van der Waals surface area contributed by atoms with Crippen LogP contribution < -0.4 is 5.32 Å². The minimum Gasteiger partial charge on any atom is -0.508 e. The topological polar surface area (TPSA) is 99.5 Å². The lowest BCUT2D eigenvalue weighted by Gasteiger charge is -2.20. The van der Waals surface area contributed by atoms with Gasteiger partial charge in [-0.25, -0.2) is 0 Å². The highest BCUT2D eigenvalue weighted by atomic mass is 16.3. The highest BCUT2D eigenvalue weighted by Crippen LogP contribution is 2.31. The number of hydrogen-bond acceptors (Lipinski definition) is 5. The third-order valence-corrected chi connectivity index (χ3v) is 5.53. The molecular weight excluding hydrogens is 380 g/mol. The monoisotopic (exact) mass is 410 g/mol. The van der Waals surface area contributed by atoms with E-state index < -0.39 is 6.10 Å². The molecule has 1 aromatic carbocycles. The molecule has 1 heterocycles. The van der Waals surface area contributed by atoms with Crippen molar-refractivity contribution in [2.45, 2.75) is 70.4 Å². The Kier molecular flexibility index (Phi) is 6.56. The van der Waals surface area contributed by atoms with Crippen molar-refractivity contribution < 1.29 is 19.8 Å². The Hall–Kier alpha value is -2.73. The van der Waals surface area contributed by atoms with Gasteiger partial charge in [-0.2, -0.15) is 0 Å². The van der Waals surface area contributed by atoms with Crippen LogP contribution >= 0.6 is 0 Å². The highest BCUT2D eigenvalue weighted by molar-refractivity contribution is 5.93. The fourth-order valence-corrected chi connectivity index (χ4v) is 3.90. The molecule has 1 aliphatic carbocycles. The number of aromatic nitrogens is 1. The van der Waals surface area contributed by atoms with Gasteiger partial charge in [0, 0.05) is 19.0 Å². The summed E-state index contributed by atoms with van der Waals surface area (Å²) in [6.45, 7) is 6.08. The molecule has 1 aromatic heterocycles. The number of carbonyl (C=O) groups excluding carboxylic acids is 2. The van der Waals surface area contributed by atoms with Gasteiger partial charge in [0.1, 0.15) is 17.2 Å². The molecule has 2 atom stereocenters. The van der Waals surface area contributed by atoms with E-state index in [9.17, 15) is 19.8 Å². The Morgan fingerprint density at radius 2 is 1.80 bits per heavy atom. The van der Waals surface area contributed by atoms with Gasteiger partial charge in [0.25, 0.3) is 5.91 Å². The summed E-state index contributed by atoms with van der Waals surface area (Å²) in [5.41, 5.74) is 2.38. The van der Waals surface area contributed by atoms with Crippen molar-refractivity contribution in [1.29, 1.82) is 0 Å². The van der Waals surface area contributed by atoms with E-state index in [1.54, 1.807) is 18.2 Å². The first-order chi connectivity index (χ1) is 14.1. The molecule has 0 saturated heterocycles. The van der Waals surface area contributed by atoms with Crippen LogP contribution in [0.4, 0.5) is 0 Å². The van der Waals surface area contributed by atoms with E-state index in [0.717, 1.165) is 24.0 Å². The van der Waals surface area contributed by atoms with Crippen molar-refractivity contribution in [2.75, 3.05) is 0 Å². The third-order valence-electron chi connectivity index (χ3n) is 5.53. The summed E-state index contributed by atoms with van der Waals surface area (Å²) >= 11 is 0. The minimum atomic E-state index is -0.514. The summed E-state index contributed by atoms with van der Waals surface area (Å²) in [5.74, 6) is -0.149. The van der Waals surface area contributed by atoms with Crippen LogP contribution in [0.25, 0.3) is 0 Å². The quantitative estimate of drug-likeness (QED) is 0.680. The first-order valence-electron chi connectivity index (χ1n) is 10.4. The van der Waals surface area contributed by atoms with Gasteiger partial charge < -0.3 is 15.5 Å². The van der Waals surface area contributed by atoms with Gasteiger partial charge in [-0.1, -0.05) is 32.9 Å². The third kappa shape index (κ3) is 5.45. The Morgan fingerprint density at radius 1 is 1.10 bits per heavy atom. The van der Waals surface area contributed by atoms with Gasteiger partial charge in [0.05, 0.1) is 12.1 Å². The average Bonchev–Trinajstić information content (AvgIpc) is 3.05. The maximum absolute atomic E-state index is 12.5. The van der Waals surface area contributed by atoms with Gasteiger partial charge in [0.15, 0.2) is 0 Å². The smallest absolute Gasteiger partial charge is 0.270 e. The number of phenols is 1. The molecule has 3 rings (SSSR count). The first-order valence-corrected chi connectivity index (χ1v) is 10.4. The molecule has 0 radical (unpaired) electrons. The van der Waals surface area contributed by atoms with Gasteiger partial charge in [-0.15, -0.1) is 0 Å². The average molecular weight is 411 g/mol. The molecular formula is C24H30N2O4. The highest BCUT2D eigenvalue weighted by Gasteiger charge is 2.27. The van der Waals surface area contributed by atoms with Crippen LogP contribution in [0.2, 0.25) is 0 Å². The van der Waals surface area contributed by atoms with E-state index in [4.69, 9.17) is 0 Å². The fourth-order valence-electron chi connectivity index (χ4n) is 3.90. The van der Waals surface area contributed by atoms with Gasteiger partial charge in [-0.3, -0.25) is 14.6 Å². The zero-order valence-corrected chi connectivity index (χ0v) is 17.8. The van der Waals surface area contributed by atoms with E-state index >= 15 is 0 Å². The fraction of sp³-hybridized carbons (Fsp3) is 0.458. The summed E-state index contributed by atoms with van der Waals surface area (Å²) in [4.78, 5) is 29.1. The van der Waals surface area contributed by atoms with Crippen molar-refractivity contribution in [3.05, 3.63) is 58.9 Å². The number of nitrogens with one attached hydrogen (secondary N) is 1. The lowest BCUT2D eigenvalue weighted by molar-refractivity contribution is -0.117. The molecule has 1 fully saturated rings. The number of aliphatic hydroxyl groups is 1. The molecule has 0 aliphatic heterocycles. The van der Waals surface area contributed by atoms with Gasteiger partial charge in [0.2, 0.25) is 0 Å². The zero-order valence-electron chi connectivity index (χ0n) is 17.8. The van der Waals surface area contributed by atoms with Crippen LogP contribution in [0, 0.1) is 0 Å². The standard InChI is InChI=1S/C24H30N2O4/c1-24(2,3)18-8-7-15(14-22(18)29)11-17(27)12-16-9-10-25-20(13-16)23(30)26-19-5-4-6-21(19)28/h7-10,13-14,19,21,28-29H,4-6,11-12H2,1-3H3,(H,26,30)/t19?,21-/m0/s1. The number of nitrogens with zero attached hydrogens (tertiary/aromatic N) is 1. The molecule has 30 heavy (non-hydrogen) atoms. The summed E-state index contributed by atoms with van der Waals surface area (Å²) in [7, 11) is 0. The molecule has 2 aromatic rings. The number of benzene rings is 1. The number of rotatable bonds is 6. The minimum absolute atomic E-state index is 0.0123. The molecule has 1 unspecified atom stereocenters. The molecule has 1 aliphatic rings. The molecule has 6 nitrogen and oxygen atoms in total. The molecule has 1 amide bonds. The van der Waals surface area contributed by atoms with Crippen molar-refractivity contribution in [2.24, 2.45) is 0 Å². The van der Waals surface area contributed by atoms with Crippen molar-refractivity contribution in [3.8, 4) is 5.75 Å². The molecule has 6 heteroatoms. The number of phenolic OH excluding ortho intramolecular Hbond substituents is 1. The Morgan fingerprint density at radius 3 is 2.40 bits per heavy atom. The van der Waals surface area contributed by atoms with Crippen LogP contribution in [-0.4, -0.2) is 39.0 Å². The van der Waals surface area contributed by atoms with Crippen molar-refractivity contribution in [1.82, 2.24) is 10.3 Å². The normalized spacial score (nSPS) is 18.9. The van der Waals surface area contributed by atoms with E-state index in [-0.39, 0.29) is 47.4 Å². The lowest BCUT2D eigenvalue weighted by Crippen LogP contribution is -2.40. The molecule has 0 spiro atoms. The van der Waals surface area contributed by atoms with Crippen molar-refractivity contribution >= 4 is 11.7 Å². The largest absolute Gasteiger partial charge is 0.508 e. The maximum Gasteiger partial charge on any atom is 0.270 e. The Balaban J connectivity index is 1.62. The number of carbonyl (C=O) groups is 2. The number of aliphatic hydroxyl groups excluding tert-OH is 1. The summed E-state index contributed by atoms with van der Waals surface area (Å²) in [6.07, 6.45) is 3.73. The predicted molar refractivity (Wildman–Crippen MR) is 115 cm³/mol. The second kappa shape index (κ2) is 8.96. The van der Waals surface area contributed by atoms with E-state index in [0.29, 0.717) is 12.0 Å². The van der Waals surface area contributed by atoms with Crippen molar-refractivity contribution in [3.63, 3.8) is 0 Å². The Labute approximate surface area is 177 Å². The zero-order chi connectivity index (χ0) is 21.9. The second-order valence-electron chi connectivity index (χ2n) is 9.12. The Bertz CT molecular complexity index is 933. The predicted octanol–water partition coefficient (Wildman–Crippen LogP) is 3.08. The molecule has 3 N–H and O–H groups in total. The van der Waals surface area contributed by atoms with Crippen LogP contribution in [0.1, 0.15) is 67.2 Å². The first kappa shape index (κ1) is 22.0. The number of hydrogen-bond donors (Lipinski definition) is 3. The summed E-state index contributed by atoms with van der Waals surface area (Å²) in [5, 5.41) is 23.0. The lowest BCUT2D eigenvalue weighted by atomic mass is 9.85. The second-order valence-corrected chi connectivity index (χ2v) is 9.12. The van der Waals surface area contributed by atoms with Crippen LogP contribution in [0.15, 0.2) is 36.5 Å². The number of ketones is 1. The SMILES string of the molecule is CC(C)(C)c1ccc(CC(=O)Cc2ccnc(C(=O)NC3CCC[C@@H]3O)c2)cc1O. The molecule has 1 saturated carbocycles. The number of aromatic hydroxyl groups is 1. The van der Waals surface area contributed by atoms with Gasteiger partial charge in [-0.05, 0) is 59.6 Å². The van der Waals surface area contributed by atoms with Crippen LogP contribution in [0.3, 0.4) is 0 Å². The van der Waals surface area contributed by atoms with Crippen LogP contribution in [-0.2, 0) is 23.1 Å². The maximum atomic E-state index is 12.5. The van der Waals surface area contributed by atoms with Gasteiger partial charge >= 0.3 is 0 Å². The van der Waals surface area contributed by atoms with E-state index in [1.165, 1.54) is 6.20 Å². The number of pyridine rings is 1. The van der Waals surface area contributed by atoms with E-state index in [2.05, 4.69) is 10.3 Å². The number of amides is 1. The molecule has 160 valence electrons. The summed E-state index contributed by atoms with van der Waals surface area (Å²) < 4.78 is 0. The molecule has 0 bridgehead atoms. The summed E-state index contributed by atoms with van der Waals surface area (Å²) in [6, 6.07) is 8.49. The number of Topliss-reactive ketones (excluding diaryl/α,β-unsaturated/α-hetero) is 1.